The highest BCUT2D eigenvalue weighted by Crippen LogP contribution is 2.36. The molecule has 7 heteroatoms. The summed E-state index contributed by atoms with van der Waals surface area (Å²) in [5, 5.41) is 0. The Morgan fingerprint density at radius 2 is 2.00 bits per heavy atom. The molecular weight excluding hydrogens is 297 g/mol. The predicted molar refractivity (Wildman–Crippen MR) is 74.9 cm³/mol. The minimum Gasteiger partial charge on any atom is -0.445 e. The molecule has 22 heavy (non-hydrogen) atoms. The molecule has 1 aliphatic heterocycles. The normalized spacial score (nSPS) is 22.5. The van der Waals surface area contributed by atoms with Gasteiger partial charge in [0.1, 0.15) is 6.61 Å². The highest BCUT2D eigenvalue weighted by Gasteiger charge is 2.47. The molecule has 0 spiro atoms. The molecule has 0 bridgehead atoms. The van der Waals surface area contributed by atoms with Gasteiger partial charge in [-0.1, -0.05) is 30.3 Å². The molecule has 0 aromatic heterocycles. The lowest BCUT2D eigenvalue weighted by atomic mass is 9.85. The number of carbonyl (C=O) groups is 1. The van der Waals surface area contributed by atoms with Crippen LogP contribution in [0.3, 0.4) is 0 Å². The van der Waals surface area contributed by atoms with E-state index in [1.165, 1.54) is 0 Å². The average molecular weight is 316 g/mol. The van der Waals surface area contributed by atoms with Crippen molar-refractivity contribution in [3.63, 3.8) is 0 Å². The molecule has 1 saturated heterocycles. The van der Waals surface area contributed by atoms with E-state index < -0.39 is 24.1 Å². The van der Waals surface area contributed by atoms with Crippen molar-refractivity contribution < 1.29 is 22.7 Å². The molecule has 1 aromatic rings. The molecule has 0 radical (unpaired) electrons. The van der Waals surface area contributed by atoms with E-state index in [0.29, 0.717) is 0 Å². The van der Waals surface area contributed by atoms with E-state index in [4.69, 9.17) is 10.5 Å². The lowest BCUT2D eigenvalue weighted by Crippen LogP contribution is -2.50. The Balaban J connectivity index is 1.93. The van der Waals surface area contributed by atoms with E-state index >= 15 is 0 Å². The van der Waals surface area contributed by atoms with Gasteiger partial charge < -0.3 is 15.4 Å². The number of halogens is 3. The molecule has 1 aromatic carbocycles. The van der Waals surface area contributed by atoms with Crippen LogP contribution in [0.1, 0.15) is 12.0 Å². The van der Waals surface area contributed by atoms with Crippen molar-refractivity contribution in [3.8, 4) is 0 Å². The number of piperidine rings is 1. The van der Waals surface area contributed by atoms with Crippen LogP contribution in [0.15, 0.2) is 30.3 Å². The van der Waals surface area contributed by atoms with Crippen LogP contribution in [0.5, 0.6) is 0 Å². The molecule has 0 unspecified atom stereocenters. The molecule has 1 fully saturated rings. The van der Waals surface area contributed by atoms with Gasteiger partial charge in [0.15, 0.2) is 0 Å². The largest absolute Gasteiger partial charge is 0.445 e. The maximum Gasteiger partial charge on any atom is 0.410 e. The third-order valence-corrected chi connectivity index (χ3v) is 3.94. The molecule has 1 amide bonds. The van der Waals surface area contributed by atoms with Gasteiger partial charge in [-0.05, 0) is 24.4 Å². The van der Waals surface area contributed by atoms with Crippen LogP contribution >= 0.6 is 0 Å². The summed E-state index contributed by atoms with van der Waals surface area (Å²) in [6.45, 7) is -0.134. The van der Waals surface area contributed by atoms with E-state index in [9.17, 15) is 18.0 Å². The first-order chi connectivity index (χ1) is 10.4. The number of benzene rings is 1. The molecule has 0 aliphatic carbocycles. The van der Waals surface area contributed by atoms with Gasteiger partial charge in [0.25, 0.3) is 0 Å². The second kappa shape index (κ2) is 7.00. The quantitative estimate of drug-likeness (QED) is 0.933. The van der Waals surface area contributed by atoms with E-state index in [0.717, 1.165) is 10.5 Å². The molecule has 0 saturated carbocycles. The first-order valence-electron chi connectivity index (χ1n) is 7.14. The van der Waals surface area contributed by atoms with Crippen molar-refractivity contribution in [1.82, 2.24) is 4.90 Å². The summed E-state index contributed by atoms with van der Waals surface area (Å²) >= 11 is 0. The van der Waals surface area contributed by atoms with Crippen molar-refractivity contribution in [3.05, 3.63) is 35.9 Å². The molecule has 1 aliphatic rings. The fourth-order valence-corrected chi connectivity index (χ4v) is 2.63. The summed E-state index contributed by atoms with van der Waals surface area (Å²) in [6.07, 6.45) is -4.84. The number of ether oxygens (including phenoxy) is 1. The summed E-state index contributed by atoms with van der Waals surface area (Å²) in [5.74, 6) is -2.23. The molecule has 1 heterocycles. The third-order valence-electron chi connectivity index (χ3n) is 3.94. The number of hydrogen-bond donors (Lipinski definition) is 1. The number of carbonyl (C=O) groups excluding carboxylic acids is 1. The Hall–Kier alpha value is -1.76. The lowest BCUT2D eigenvalue weighted by Gasteiger charge is -2.38. The number of rotatable bonds is 3. The van der Waals surface area contributed by atoms with Crippen molar-refractivity contribution in [1.29, 1.82) is 0 Å². The highest BCUT2D eigenvalue weighted by atomic mass is 19.4. The van der Waals surface area contributed by atoms with Crippen molar-refractivity contribution in [2.75, 3.05) is 19.6 Å². The Kier molecular flexibility index (Phi) is 5.28. The zero-order chi connectivity index (χ0) is 16.2. The van der Waals surface area contributed by atoms with Gasteiger partial charge in [0.2, 0.25) is 0 Å². The zero-order valence-electron chi connectivity index (χ0n) is 12.1. The Morgan fingerprint density at radius 1 is 1.32 bits per heavy atom. The van der Waals surface area contributed by atoms with Gasteiger partial charge in [0.05, 0.1) is 5.92 Å². The fourth-order valence-electron chi connectivity index (χ4n) is 2.63. The topological polar surface area (TPSA) is 55.6 Å². The average Bonchev–Trinajstić information content (AvgIpc) is 2.52. The number of alkyl halides is 3. The van der Waals surface area contributed by atoms with Crippen LogP contribution in [-0.2, 0) is 11.3 Å². The fraction of sp³-hybridized carbons (Fsp3) is 0.533. The monoisotopic (exact) mass is 316 g/mol. The maximum absolute atomic E-state index is 13.0. The first kappa shape index (κ1) is 16.6. The van der Waals surface area contributed by atoms with Crippen LogP contribution in [-0.4, -0.2) is 36.8 Å². The summed E-state index contributed by atoms with van der Waals surface area (Å²) in [6, 6.07) is 9.00. The van der Waals surface area contributed by atoms with E-state index in [2.05, 4.69) is 0 Å². The molecule has 4 nitrogen and oxygen atoms in total. The molecule has 2 N–H and O–H groups in total. The number of amides is 1. The number of hydrogen-bond acceptors (Lipinski definition) is 3. The smallest absolute Gasteiger partial charge is 0.410 e. The third kappa shape index (κ3) is 4.13. The second-order valence-electron chi connectivity index (χ2n) is 5.42. The highest BCUT2D eigenvalue weighted by molar-refractivity contribution is 5.67. The minimum absolute atomic E-state index is 0.0307. The Labute approximate surface area is 127 Å². The Morgan fingerprint density at radius 3 is 2.59 bits per heavy atom. The summed E-state index contributed by atoms with van der Waals surface area (Å²) in [5.41, 5.74) is 6.20. The van der Waals surface area contributed by atoms with Crippen molar-refractivity contribution in [2.24, 2.45) is 17.6 Å². The SMILES string of the molecule is NC[C@@H]1CCN(C(=O)OCc2ccccc2)C[C@H]1C(F)(F)F. The molecule has 2 atom stereocenters. The van der Waals surface area contributed by atoms with Crippen LogP contribution in [0.2, 0.25) is 0 Å². The molecule has 122 valence electrons. The van der Waals surface area contributed by atoms with Crippen molar-refractivity contribution in [2.45, 2.75) is 19.2 Å². The second-order valence-corrected chi connectivity index (χ2v) is 5.42. The van der Waals surface area contributed by atoms with Gasteiger partial charge >= 0.3 is 12.3 Å². The summed E-state index contributed by atoms with van der Waals surface area (Å²) in [7, 11) is 0. The Bertz CT molecular complexity index is 493. The number of nitrogens with zero attached hydrogens (tertiary/aromatic N) is 1. The maximum atomic E-state index is 13.0. The molecular formula is C15H19F3N2O2. The van der Waals surface area contributed by atoms with E-state index in [1.807, 2.05) is 6.07 Å². The zero-order valence-corrected chi connectivity index (χ0v) is 12.1. The van der Waals surface area contributed by atoms with Crippen LogP contribution in [0.25, 0.3) is 0 Å². The van der Waals surface area contributed by atoms with E-state index in [-0.39, 0.29) is 32.7 Å². The van der Waals surface area contributed by atoms with E-state index in [1.54, 1.807) is 24.3 Å². The van der Waals surface area contributed by atoms with Gasteiger partial charge in [0, 0.05) is 13.1 Å². The minimum atomic E-state index is -4.36. The lowest BCUT2D eigenvalue weighted by molar-refractivity contribution is -0.198. The standard InChI is InChI=1S/C15H19F3N2O2/c16-15(17,18)13-9-20(7-6-12(13)8-19)14(21)22-10-11-4-2-1-3-5-11/h1-5,12-13H,6-10,19H2/t12-,13+/m0/s1. The number of likely N-dealkylation sites (tertiary alicyclic amines) is 1. The van der Waals surface area contributed by atoms with Gasteiger partial charge in [-0.3, -0.25) is 0 Å². The molecule has 2 rings (SSSR count). The summed E-state index contributed by atoms with van der Waals surface area (Å²) < 4.78 is 44.2. The number of nitrogens with two attached hydrogens (primary N) is 1. The van der Waals surface area contributed by atoms with Gasteiger partial charge in [-0.25, -0.2) is 4.79 Å². The van der Waals surface area contributed by atoms with Crippen LogP contribution < -0.4 is 5.73 Å². The van der Waals surface area contributed by atoms with Crippen molar-refractivity contribution >= 4 is 6.09 Å². The van der Waals surface area contributed by atoms with Gasteiger partial charge in [-0.2, -0.15) is 13.2 Å². The van der Waals surface area contributed by atoms with Crippen LogP contribution in [0, 0.1) is 11.8 Å². The van der Waals surface area contributed by atoms with Crippen LogP contribution in [0.4, 0.5) is 18.0 Å². The first-order valence-corrected chi connectivity index (χ1v) is 7.14. The summed E-state index contributed by atoms with van der Waals surface area (Å²) in [4.78, 5) is 13.1. The predicted octanol–water partition coefficient (Wildman–Crippen LogP) is 2.78. The van der Waals surface area contributed by atoms with Gasteiger partial charge in [-0.15, -0.1) is 0 Å².